The minimum absolute atomic E-state index is 0.519. The van der Waals surface area contributed by atoms with Crippen LogP contribution in [0.3, 0.4) is 0 Å². The summed E-state index contributed by atoms with van der Waals surface area (Å²) < 4.78 is 0. The van der Waals surface area contributed by atoms with Gasteiger partial charge >= 0.3 is 0 Å². The second-order valence-corrected chi connectivity index (χ2v) is 6.30. The Labute approximate surface area is 119 Å². The van der Waals surface area contributed by atoms with Crippen molar-refractivity contribution in [1.82, 2.24) is 5.32 Å². The molecule has 0 saturated heterocycles. The second kappa shape index (κ2) is 7.54. The van der Waals surface area contributed by atoms with Crippen molar-refractivity contribution in [3.8, 4) is 0 Å². The zero-order valence-corrected chi connectivity index (χ0v) is 13.4. The van der Waals surface area contributed by atoms with Gasteiger partial charge in [-0.2, -0.15) is 0 Å². The number of rotatable bonds is 7. The summed E-state index contributed by atoms with van der Waals surface area (Å²) in [7, 11) is 0. The van der Waals surface area contributed by atoms with Gasteiger partial charge in [-0.3, -0.25) is 0 Å². The summed E-state index contributed by atoms with van der Waals surface area (Å²) in [5.74, 6) is 0.675. The second-order valence-electron chi connectivity index (χ2n) is 6.30. The van der Waals surface area contributed by atoms with Crippen molar-refractivity contribution in [2.75, 3.05) is 11.4 Å². The molecule has 0 amide bonds. The number of hydrogen-bond acceptors (Lipinski definition) is 2. The predicted molar refractivity (Wildman–Crippen MR) is 85.7 cm³/mol. The zero-order chi connectivity index (χ0) is 14.4. The highest BCUT2D eigenvalue weighted by Gasteiger charge is 2.15. The van der Waals surface area contributed by atoms with Crippen LogP contribution in [0.4, 0.5) is 5.69 Å². The van der Waals surface area contributed by atoms with Gasteiger partial charge in [0.2, 0.25) is 0 Å². The molecule has 1 aromatic rings. The molecular weight excluding hydrogens is 232 g/mol. The van der Waals surface area contributed by atoms with Gasteiger partial charge in [-0.1, -0.05) is 45.9 Å². The normalized spacial score (nSPS) is 11.6. The van der Waals surface area contributed by atoms with Gasteiger partial charge in [-0.25, -0.2) is 0 Å². The van der Waals surface area contributed by atoms with E-state index in [2.05, 4.69) is 76.0 Å². The molecule has 0 radical (unpaired) electrons. The van der Waals surface area contributed by atoms with E-state index in [1.54, 1.807) is 0 Å². The van der Waals surface area contributed by atoms with Gasteiger partial charge in [0.05, 0.1) is 0 Å². The summed E-state index contributed by atoms with van der Waals surface area (Å²) in [6, 6.07) is 9.81. The molecule has 0 aliphatic heterocycles. The molecule has 19 heavy (non-hydrogen) atoms. The number of para-hydroxylation sites is 1. The molecule has 0 spiro atoms. The summed E-state index contributed by atoms with van der Waals surface area (Å²) >= 11 is 0. The third-order valence-corrected chi connectivity index (χ3v) is 3.19. The Kier molecular flexibility index (Phi) is 6.36. The van der Waals surface area contributed by atoms with Gasteiger partial charge in [0.15, 0.2) is 0 Å². The third-order valence-electron chi connectivity index (χ3n) is 3.19. The van der Waals surface area contributed by atoms with Gasteiger partial charge in [0, 0.05) is 30.9 Å². The maximum absolute atomic E-state index is 3.52. The molecule has 0 aliphatic carbocycles. The van der Waals surface area contributed by atoms with Crippen molar-refractivity contribution < 1.29 is 0 Å². The van der Waals surface area contributed by atoms with Crippen LogP contribution in [-0.4, -0.2) is 18.6 Å². The van der Waals surface area contributed by atoms with Crippen molar-refractivity contribution in [2.45, 2.75) is 60.2 Å². The zero-order valence-electron chi connectivity index (χ0n) is 13.4. The summed E-state index contributed by atoms with van der Waals surface area (Å²) in [6.07, 6.45) is 0. The lowest BCUT2D eigenvalue weighted by molar-refractivity contribution is 0.560. The highest BCUT2D eigenvalue weighted by molar-refractivity contribution is 5.54. The van der Waals surface area contributed by atoms with Crippen molar-refractivity contribution in [1.29, 1.82) is 0 Å². The van der Waals surface area contributed by atoms with Gasteiger partial charge in [-0.15, -0.1) is 0 Å². The Morgan fingerprint density at radius 1 is 1.00 bits per heavy atom. The molecular formula is C17H30N2. The molecule has 1 N–H and O–H groups in total. The van der Waals surface area contributed by atoms with E-state index in [9.17, 15) is 0 Å². The molecule has 2 nitrogen and oxygen atoms in total. The molecule has 0 aliphatic rings. The van der Waals surface area contributed by atoms with E-state index in [0.29, 0.717) is 18.0 Å². The fourth-order valence-electron chi connectivity index (χ4n) is 2.24. The van der Waals surface area contributed by atoms with E-state index < -0.39 is 0 Å². The van der Waals surface area contributed by atoms with Gasteiger partial charge < -0.3 is 10.2 Å². The number of hydrogen-bond donors (Lipinski definition) is 1. The number of anilines is 1. The van der Waals surface area contributed by atoms with E-state index in [4.69, 9.17) is 0 Å². The highest BCUT2D eigenvalue weighted by Crippen LogP contribution is 2.23. The summed E-state index contributed by atoms with van der Waals surface area (Å²) in [4.78, 5) is 2.52. The maximum atomic E-state index is 3.52. The lowest BCUT2D eigenvalue weighted by Gasteiger charge is -2.32. The first-order chi connectivity index (χ1) is 8.91. The molecule has 0 atom stereocenters. The third kappa shape index (κ3) is 5.23. The van der Waals surface area contributed by atoms with E-state index >= 15 is 0 Å². The van der Waals surface area contributed by atoms with Crippen molar-refractivity contribution in [3.05, 3.63) is 29.8 Å². The van der Waals surface area contributed by atoms with Crippen LogP contribution in [0, 0.1) is 5.92 Å². The van der Waals surface area contributed by atoms with Crippen LogP contribution in [0.2, 0.25) is 0 Å². The van der Waals surface area contributed by atoms with Gasteiger partial charge in [0.25, 0.3) is 0 Å². The highest BCUT2D eigenvalue weighted by atomic mass is 15.2. The monoisotopic (exact) mass is 262 g/mol. The molecule has 0 unspecified atom stereocenters. The van der Waals surface area contributed by atoms with Crippen LogP contribution in [-0.2, 0) is 6.54 Å². The molecule has 1 rings (SSSR count). The van der Waals surface area contributed by atoms with Crippen LogP contribution in [0.15, 0.2) is 24.3 Å². The Balaban J connectivity index is 2.94. The Bertz CT molecular complexity index is 369. The molecule has 0 saturated carbocycles. The average molecular weight is 262 g/mol. The van der Waals surface area contributed by atoms with Gasteiger partial charge in [0.1, 0.15) is 0 Å². The van der Waals surface area contributed by atoms with Crippen LogP contribution in [0.1, 0.15) is 47.1 Å². The minimum Gasteiger partial charge on any atom is -0.369 e. The standard InChI is InChI=1S/C17H30N2/c1-13(2)12-19(15(5)6)17-10-8-7-9-16(17)11-18-14(3)4/h7-10,13-15,18H,11-12H2,1-6H3. The van der Waals surface area contributed by atoms with Crippen molar-refractivity contribution in [2.24, 2.45) is 5.92 Å². The van der Waals surface area contributed by atoms with Crippen LogP contribution >= 0.6 is 0 Å². The quantitative estimate of drug-likeness (QED) is 0.797. The van der Waals surface area contributed by atoms with Crippen LogP contribution in [0.5, 0.6) is 0 Å². The predicted octanol–water partition coefficient (Wildman–Crippen LogP) is 4.06. The molecule has 0 fully saturated rings. The smallest absolute Gasteiger partial charge is 0.0414 e. The number of nitrogens with one attached hydrogen (secondary N) is 1. The first kappa shape index (κ1) is 16.0. The van der Waals surface area contributed by atoms with Crippen LogP contribution < -0.4 is 10.2 Å². The van der Waals surface area contributed by atoms with Crippen molar-refractivity contribution in [3.63, 3.8) is 0 Å². The summed E-state index contributed by atoms with van der Waals surface area (Å²) in [5, 5.41) is 3.52. The summed E-state index contributed by atoms with van der Waals surface area (Å²) in [6.45, 7) is 15.5. The molecule has 0 aromatic heterocycles. The largest absolute Gasteiger partial charge is 0.369 e. The minimum atomic E-state index is 0.519. The Morgan fingerprint density at radius 2 is 1.63 bits per heavy atom. The Hall–Kier alpha value is -1.02. The van der Waals surface area contributed by atoms with E-state index in [0.717, 1.165) is 13.1 Å². The molecule has 0 bridgehead atoms. The molecule has 1 aromatic carbocycles. The van der Waals surface area contributed by atoms with E-state index in [1.165, 1.54) is 11.3 Å². The van der Waals surface area contributed by atoms with Gasteiger partial charge in [-0.05, 0) is 31.4 Å². The van der Waals surface area contributed by atoms with E-state index in [-0.39, 0.29) is 0 Å². The van der Waals surface area contributed by atoms with Crippen molar-refractivity contribution >= 4 is 5.69 Å². The molecule has 2 heteroatoms. The Morgan fingerprint density at radius 3 is 2.16 bits per heavy atom. The SMILES string of the molecule is CC(C)CN(c1ccccc1CNC(C)C)C(C)C. The first-order valence-electron chi connectivity index (χ1n) is 7.49. The molecule has 108 valence electrons. The number of benzene rings is 1. The maximum Gasteiger partial charge on any atom is 0.0414 e. The first-order valence-corrected chi connectivity index (χ1v) is 7.49. The fraction of sp³-hybridized carbons (Fsp3) is 0.647. The van der Waals surface area contributed by atoms with E-state index in [1.807, 2.05) is 0 Å². The lowest BCUT2D eigenvalue weighted by atomic mass is 10.1. The average Bonchev–Trinajstić information content (AvgIpc) is 2.33. The fourth-order valence-corrected chi connectivity index (χ4v) is 2.24. The molecule has 0 heterocycles. The topological polar surface area (TPSA) is 15.3 Å². The summed E-state index contributed by atoms with van der Waals surface area (Å²) in [5.41, 5.74) is 2.77. The lowest BCUT2D eigenvalue weighted by Crippen LogP contribution is -2.35. The number of nitrogens with zero attached hydrogens (tertiary/aromatic N) is 1. The van der Waals surface area contributed by atoms with Crippen LogP contribution in [0.25, 0.3) is 0 Å².